The number of nitrogens with one attached hydrogen (secondary N) is 2. The second-order valence-electron chi connectivity index (χ2n) is 7.36. The normalized spacial score (nSPS) is 15.1. The van der Waals surface area contributed by atoms with Gasteiger partial charge in [-0.3, -0.25) is 9.59 Å². The van der Waals surface area contributed by atoms with Gasteiger partial charge >= 0.3 is 6.09 Å². The van der Waals surface area contributed by atoms with Gasteiger partial charge in [0.1, 0.15) is 5.65 Å². The van der Waals surface area contributed by atoms with Crippen LogP contribution in [-0.4, -0.2) is 49.7 Å². The Hall–Kier alpha value is -3.36. The van der Waals surface area contributed by atoms with Crippen LogP contribution in [0.3, 0.4) is 0 Å². The Labute approximate surface area is 166 Å². The minimum Gasteiger partial charge on any atom is -0.465 e. The SMILES string of the molecule is CCCC(=O)Nc1cccc2nn3c(C4CCN(C(=O)O)CC4)cc(=O)[nH]c3c12. The van der Waals surface area contributed by atoms with Crippen molar-refractivity contribution in [3.8, 4) is 0 Å². The van der Waals surface area contributed by atoms with Crippen LogP contribution in [0.5, 0.6) is 0 Å². The summed E-state index contributed by atoms with van der Waals surface area (Å²) < 4.78 is 1.72. The summed E-state index contributed by atoms with van der Waals surface area (Å²) in [5.74, 6) is -0.0539. The standard InChI is InChI=1S/C20H23N5O4/c1-2-4-16(26)21-13-5-3-6-14-18(13)19-22-17(27)11-15(25(19)23-14)12-7-9-24(10-8-12)20(28)29/h3,5-6,11-12H,2,4,7-10H2,1H3,(H,21,26)(H,22,27)(H,28,29). The molecule has 0 saturated carbocycles. The minimum atomic E-state index is -0.920. The fourth-order valence-corrected chi connectivity index (χ4v) is 3.99. The lowest BCUT2D eigenvalue weighted by molar-refractivity contribution is -0.116. The Kier molecular flexibility index (Phi) is 4.96. The lowest BCUT2D eigenvalue weighted by atomic mass is 9.93. The summed E-state index contributed by atoms with van der Waals surface area (Å²) in [6, 6.07) is 7.00. The average molecular weight is 397 g/mol. The van der Waals surface area contributed by atoms with Crippen molar-refractivity contribution in [2.24, 2.45) is 0 Å². The third kappa shape index (κ3) is 3.55. The van der Waals surface area contributed by atoms with Crippen LogP contribution in [0.15, 0.2) is 29.1 Å². The van der Waals surface area contributed by atoms with Gasteiger partial charge in [0.25, 0.3) is 5.56 Å². The fraction of sp³-hybridized carbons (Fsp3) is 0.400. The van der Waals surface area contributed by atoms with Crippen molar-refractivity contribution in [1.29, 1.82) is 0 Å². The molecule has 9 heteroatoms. The number of rotatable bonds is 4. The Morgan fingerprint density at radius 1 is 1.31 bits per heavy atom. The van der Waals surface area contributed by atoms with Crippen molar-refractivity contribution in [3.05, 3.63) is 40.3 Å². The fourth-order valence-electron chi connectivity index (χ4n) is 3.99. The summed E-state index contributed by atoms with van der Waals surface area (Å²) in [6.07, 6.45) is 1.49. The van der Waals surface area contributed by atoms with Crippen LogP contribution in [0, 0.1) is 0 Å². The molecule has 3 heterocycles. The zero-order chi connectivity index (χ0) is 20.5. The summed E-state index contributed by atoms with van der Waals surface area (Å²) in [4.78, 5) is 39.9. The molecular formula is C20H23N5O4. The highest BCUT2D eigenvalue weighted by molar-refractivity contribution is 6.07. The third-order valence-electron chi connectivity index (χ3n) is 5.40. The molecule has 0 spiro atoms. The number of amides is 2. The number of likely N-dealkylation sites (tertiary alicyclic amines) is 1. The highest BCUT2D eigenvalue weighted by Crippen LogP contribution is 2.31. The number of aromatic nitrogens is 3. The maximum Gasteiger partial charge on any atom is 0.407 e. The monoisotopic (exact) mass is 397 g/mol. The zero-order valence-electron chi connectivity index (χ0n) is 16.1. The molecule has 152 valence electrons. The number of aromatic amines is 1. The summed E-state index contributed by atoms with van der Waals surface area (Å²) in [6.45, 7) is 2.79. The number of piperidine rings is 1. The van der Waals surface area contributed by atoms with E-state index in [-0.39, 0.29) is 17.4 Å². The molecule has 9 nitrogen and oxygen atoms in total. The van der Waals surface area contributed by atoms with E-state index in [1.165, 1.54) is 11.0 Å². The maximum atomic E-state index is 12.4. The second-order valence-corrected chi connectivity index (χ2v) is 7.36. The highest BCUT2D eigenvalue weighted by Gasteiger charge is 2.26. The molecular weight excluding hydrogens is 374 g/mol. The van der Waals surface area contributed by atoms with E-state index >= 15 is 0 Å². The average Bonchev–Trinajstić information content (AvgIpc) is 3.07. The number of hydrogen-bond acceptors (Lipinski definition) is 4. The maximum absolute atomic E-state index is 12.4. The quantitative estimate of drug-likeness (QED) is 0.625. The number of carbonyl (C=O) groups is 2. The Balaban J connectivity index is 1.79. The molecule has 3 N–H and O–H groups in total. The molecule has 1 aromatic carbocycles. The van der Waals surface area contributed by atoms with Gasteiger partial charge in [0.15, 0.2) is 0 Å². The Bertz CT molecular complexity index is 1140. The lowest BCUT2D eigenvalue weighted by Gasteiger charge is -2.30. The molecule has 0 bridgehead atoms. The van der Waals surface area contributed by atoms with Gasteiger partial charge in [-0.2, -0.15) is 5.10 Å². The van der Waals surface area contributed by atoms with Crippen LogP contribution in [0.25, 0.3) is 16.6 Å². The highest BCUT2D eigenvalue weighted by atomic mass is 16.4. The minimum absolute atomic E-state index is 0.0304. The predicted molar refractivity (Wildman–Crippen MR) is 108 cm³/mol. The number of benzene rings is 1. The molecule has 0 aliphatic carbocycles. The first-order chi connectivity index (χ1) is 14.0. The zero-order valence-corrected chi connectivity index (χ0v) is 16.1. The van der Waals surface area contributed by atoms with Crippen molar-refractivity contribution in [2.75, 3.05) is 18.4 Å². The summed E-state index contributed by atoms with van der Waals surface area (Å²) in [5.41, 5.74) is 2.34. The van der Waals surface area contributed by atoms with Gasteiger partial charge in [0, 0.05) is 31.5 Å². The van der Waals surface area contributed by atoms with Crippen LogP contribution >= 0.6 is 0 Å². The van der Waals surface area contributed by atoms with Crippen molar-refractivity contribution in [2.45, 2.75) is 38.5 Å². The van der Waals surface area contributed by atoms with Crippen LogP contribution in [-0.2, 0) is 4.79 Å². The van der Waals surface area contributed by atoms with Crippen molar-refractivity contribution < 1.29 is 14.7 Å². The number of H-pyrrole nitrogens is 1. The molecule has 3 aromatic rings. The van der Waals surface area contributed by atoms with E-state index in [1.807, 2.05) is 19.1 Å². The Morgan fingerprint density at radius 2 is 2.07 bits per heavy atom. The number of hydrogen-bond donors (Lipinski definition) is 3. The van der Waals surface area contributed by atoms with E-state index in [2.05, 4.69) is 15.4 Å². The van der Waals surface area contributed by atoms with E-state index in [9.17, 15) is 14.4 Å². The summed E-state index contributed by atoms with van der Waals surface area (Å²) in [7, 11) is 0. The van der Waals surface area contributed by atoms with Crippen LogP contribution in [0.2, 0.25) is 0 Å². The topological polar surface area (TPSA) is 120 Å². The van der Waals surface area contributed by atoms with Crippen molar-refractivity contribution in [1.82, 2.24) is 19.5 Å². The molecule has 1 aliphatic heterocycles. The molecule has 0 radical (unpaired) electrons. The number of anilines is 1. The Morgan fingerprint density at radius 3 is 2.76 bits per heavy atom. The van der Waals surface area contributed by atoms with Gasteiger partial charge in [0.05, 0.1) is 22.3 Å². The number of carboxylic acid groups (broad SMARTS) is 1. The van der Waals surface area contributed by atoms with Crippen LogP contribution in [0.4, 0.5) is 10.5 Å². The first-order valence-electron chi connectivity index (χ1n) is 9.80. The van der Waals surface area contributed by atoms with Gasteiger partial charge in [-0.1, -0.05) is 13.0 Å². The lowest BCUT2D eigenvalue weighted by Crippen LogP contribution is -2.37. The first kappa shape index (κ1) is 19.0. The smallest absolute Gasteiger partial charge is 0.407 e. The molecule has 0 unspecified atom stereocenters. The molecule has 4 rings (SSSR count). The van der Waals surface area contributed by atoms with Crippen LogP contribution in [0.1, 0.15) is 44.2 Å². The van der Waals surface area contributed by atoms with E-state index < -0.39 is 6.09 Å². The largest absolute Gasteiger partial charge is 0.465 e. The van der Waals surface area contributed by atoms with Gasteiger partial charge in [-0.15, -0.1) is 0 Å². The number of nitrogens with zero attached hydrogens (tertiary/aromatic N) is 3. The van der Waals surface area contributed by atoms with Crippen molar-refractivity contribution in [3.63, 3.8) is 0 Å². The third-order valence-corrected chi connectivity index (χ3v) is 5.40. The molecule has 1 aliphatic rings. The summed E-state index contributed by atoms with van der Waals surface area (Å²) in [5, 5.41) is 17.4. The number of fused-ring (bicyclic) bond motifs is 3. The second kappa shape index (κ2) is 7.57. The van der Waals surface area contributed by atoms with E-state index in [0.717, 1.165) is 12.1 Å². The van der Waals surface area contributed by atoms with E-state index in [4.69, 9.17) is 5.11 Å². The predicted octanol–water partition coefficient (Wildman–Crippen LogP) is 2.77. The molecule has 29 heavy (non-hydrogen) atoms. The molecule has 1 fully saturated rings. The van der Waals surface area contributed by atoms with Crippen molar-refractivity contribution >= 4 is 34.2 Å². The molecule has 2 amide bonds. The number of carbonyl (C=O) groups excluding carboxylic acids is 1. The van der Waals surface area contributed by atoms with E-state index in [1.54, 1.807) is 10.6 Å². The van der Waals surface area contributed by atoms with Gasteiger partial charge < -0.3 is 20.3 Å². The van der Waals surface area contributed by atoms with Crippen LogP contribution < -0.4 is 10.9 Å². The molecule has 0 atom stereocenters. The van der Waals surface area contributed by atoms with E-state index in [0.29, 0.717) is 54.6 Å². The first-order valence-corrected chi connectivity index (χ1v) is 9.80. The molecule has 1 saturated heterocycles. The summed E-state index contributed by atoms with van der Waals surface area (Å²) >= 11 is 0. The molecule has 2 aromatic heterocycles. The van der Waals surface area contributed by atoms with Gasteiger partial charge in [-0.05, 0) is 31.4 Å². The van der Waals surface area contributed by atoms with Gasteiger partial charge in [0.2, 0.25) is 5.91 Å². The van der Waals surface area contributed by atoms with Gasteiger partial charge in [-0.25, -0.2) is 9.31 Å².